The first-order valence-corrected chi connectivity index (χ1v) is 13.9. The molecule has 42 heavy (non-hydrogen) atoms. The molecule has 0 spiro atoms. The van der Waals surface area contributed by atoms with Crippen LogP contribution in [0.2, 0.25) is 5.15 Å². The molecule has 5 rings (SSSR count). The summed E-state index contributed by atoms with van der Waals surface area (Å²) in [5.74, 6) is -0.350. The largest absolute Gasteiger partial charge is 0.478 e. The van der Waals surface area contributed by atoms with Gasteiger partial charge in [-0.15, -0.1) is 0 Å². The van der Waals surface area contributed by atoms with Crippen molar-refractivity contribution in [3.63, 3.8) is 0 Å². The second-order valence-electron chi connectivity index (χ2n) is 10.0. The van der Waals surface area contributed by atoms with Crippen molar-refractivity contribution in [3.05, 3.63) is 118 Å². The highest BCUT2D eigenvalue weighted by Gasteiger charge is 2.21. The number of anilines is 1. The molecule has 4 aromatic rings. The number of nitrogens with zero attached hydrogens (tertiary/aromatic N) is 1. The molecule has 0 radical (unpaired) electrons. The maximum absolute atomic E-state index is 12.4. The van der Waals surface area contributed by atoms with E-state index in [9.17, 15) is 19.8 Å². The Kier molecular flexibility index (Phi) is 9.33. The third kappa shape index (κ3) is 7.85. The van der Waals surface area contributed by atoms with Gasteiger partial charge in [0, 0.05) is 36.1 Å². The minimum absolute atomic E-state index is 0.0393. The van der Waals surface area contributed by atoms with Gasteiger partial charge in [-0.25, -0.2) is 14.6 Å². The van der Waals surface area contributed by atoms with Crippen molar-refractivity contribution in [1.82, 2.24) is 10.3 Å². The van der Waals surface area contributed by atoms with Gasteiger partial charge in [0.1, 0.15) is 23.3 Å². The molecule has 10 heteroatoms. The van der Waals surface area contributed by atoms with Gasteiger partial charge in [0.05, 0.1) is 11.7 Å². The molecule has 1 aliphatic rings. The van der Waals surface area contributed by atoms with Crippen LogP contribution in [0.5, 0.6) is 11.5 Å². The Bertz CT molecular complexity index is 1550. The predicted molar refractivity (Wildman–Crippen MR) is 158 cm³/mol. The number of hydrogen-bond donors (Lipinski definition) is 4. The van der Waals surface area contributed by atoms with E-state index in [2.05, 4.69) is 15.6 Å². The number of aryl methyl sites for hydroxylation is 1. The van der Waals surface area contributed by atoms with Crippen LogP contribution in [0.25, 0.3) is 0 Å². The van der Waals surface area contributed by atoms with Crippen LogP contribution >= 0.6 is 11.6 Å². The van der Waals surface area contributed by atoms with Gasteiger partial charge in [-0.3, -0.25) is 5.32 Å². The quantitative estimate of drug-likeness (QED) is 0.162. The number of carbonyl (C=O) groups is 2. The topological polar surface area (TPSA) is 130 Å². The summed E-state index contributed by atoms with van der Waals surface area (Å²) in [5, 5.41) is 26.5. The zero-order valence-electron chi connectivity index (χ0n) is 22.6. The number of halogens is 1. The molecule has 0 unspecified atom stereocenters. The van der Waals surface area contributed by atoms with Gasteiger partial charge in [0.25, 0.3) is 0 Å². The number of carbonyl (C=O) groups excluding carboxylic acids is 1. The fraction of sp³-hybridized carbons (Fsp3) is 0.219. The van der Waals surface area contributed by atoms with Crippen LogP contribution < -0.4 is 15.4 Å². The monoisotopic (exact) mass is 587 g/mol. The van der Waals surface area contributed by atoms with E-state index in [0.717, 1.165) is 30.4 Å². The molecule has 0 fully saturated rings. The molecule has 2 atom stereocenters. The lowest BCUT2D eigenvalue weighted by molar-refractivity contribution is 0.0696. The number of carboxylic acids is 1. The molecule has 0 saturated carbocycles. The molecular formula is C32H30ClN3O6. The summed E-state index contributed by atoms with van der Waals surface area (Å²) >= 11 is 5.84. The summed E-state index contributed by atoms with van der Waals surface area (Å²) in [5.41, 5.74) is 4.04. The van der Waals surface area contributed by atoms with Crippen LogP contribution in [-0.4, -0.2) is 39.8 Å². The number of hydrogen-bond acceptors (Lipinski definition) is 7. The number of benzene rings is 3. The van der Waals surface area contributed by atoms with E-state index >= 15 is 0 Å². The van der Waals surface area contributed by atoms with Crippen molar-refractivity contribution in [1.29, 1.82) is 0 Å². The highest BCUT2D eigenvalue weighted by molar-refractivity contribution is 6.29. The summed E-state index contributed by atoms with van der Waals surface area (Å²) < 4.78 is 11.3. The van der Waals surface area contributed by atoms with Crippen LogP contribution in [0.15, 0.2) is 85.1 Å². The van der Waals surface area contributed by atoms with Gasteiger partial charge in [-0.1, -0.05) is 54.1 Å². The first-order valence-electron chi connectivity index (χ1n) is 13.5. The number of aromatic nitrogens is 1. The molecule has 0 aliphatic heterocycles. The van der Waals surface area contributed by atoms with Crippen molar-refractivity contribution in [2.75, 3.05) is 11.9 Å². The van der Waals surface area contributed by atoms with Gasteiger partial charge in [-0.05, 0) is 66.3 Å². The summed E-state index contributed by atoms with van der Waals surface area (Å²) in [6, 6.07) is 22.9. The predicted octanol–water partition coefficient (Wildman–Crippen LogP) is 6.15. The molecule has 1 heterocycles. The summed E-state index contributed by atoms with van der Waals surface area (Å²) in [6.07, 6.45) is 2.70. The van der Waals surface area contributed by atoms with E-state index in [-0.39, 0.29) is 29.6 Å². The van der Waals surface area contributed by atoms with E-state index in [1.807, 2.05) is 48.5 Å². The van der Waals surface area contributed by atoms with Gasteiger partial charge < -0.3 is 25.0 Å². The van der Waals surface area contributed by atoms with Crippen molar-refractivity contribution >= 4 is 29.4 Å². The van der Waals surface area contributed by atoms with E-state index in [0.29, 0.717) is 23.0 Å². The summed E-state index contributed by atoms with van der Waals surface area (Å²) in [6.45, 7) is 0.460. The molecular weight excluding hydrogens is 558 g/mol. The van der Waals surface area contributed by atoms with Crippen molar-refractivity contribution in [3.8, 4) is 11.5 Å². The molecule has 1 aliphatic carbocycles. The molecule has 0 bridgehead atoms. The Morgan fingerprint density at radius 3 is 2.60 bits per heavy atom. The Balaban J connectivity index is 1.22. The molecule has 3 aromatic carbocycles. The van der Waals surface area contributed by atoms with Crippen LogP contribution in [-0.2, 0) is 24.2 Å². The van der Waals surface area contributed by atoms with Crippen molar-refractivity contribution in [2.45, 2.75) is 38.0 Å². The molecule has 1 aromatic heterocycles. The number of nitrogens with one attached hydrogen (secondary N) is 2. The number of aliphatic hydroxyl groups excluding tert-OH is 1. The number of fused-ring (bicyclic) bond motifs is 1. The molecule has 9 nitrogen and oxygen atoms in total. The molecule has 1 amide bonds. The fourth-order valence-electron chi connectivity index (χ4n) is 4.82. The minimum Gasteiger partial charge on any atom is -0.478 e. The van der Waals surface area contributed by atoms with Crippen LogP contribution in [0, 0.1) is 0 Å². The highest BCUT2D eigenvalue weighted by atomic mass is 35.5. The Morgan fingerprint density at radius 2 is 1.83 bits per heavy atom. The third-order valence-electron chi connectivity index (χ3n) is 6.99. The first kappa shape index (κ1) is 29.1. The van der Waals surface area contributed by atoms with Crippen LogP contribution in [0.3, 0.4) is 0 Å². The zero-order valence-corrected chi connectivity index (χ0v) is 23.4. The van der Waals surface area contributed by atoms with Gasteiger partial charge >= 0.3 is 12.1 Å². The smallest absolute Gasteiger partial charge is 0.411 e. The Labute approximate surface area is 248 Å². The first-order chi connectivity index (χ1) is 20.3. The summed E-state index contributed by atoms with van der Waals surface area (Å²) in [4.78, 5) is 28.2. The van der Waals surface area contributed by atoms with Gasteiger partial charge in [0.15, 0.2) is 0 Å². The number of pyridine rings is 1. The zero-order chi connectivity index (χ0) is 29.5. The maximum atomic E-state index is 12.4. The van der Waals surface area contributed by atoms with E-state index in [1.54, 1.807) is 24.4 Å². The second kappa shape index (κ2) is 13.5. The van der Waals surface area contributed by atoms with Crippen LogP contribution in [0.4, 0.5) is 10.5 Å². The Morgan fingerprint density at radius 1 is 1.00 bits per heavy atom. The number of carboxylic acid groups (broad SMARTS) is 1. The van der Waals surface area contributed by atoms with Crippen molar-refractivity contribution < 1.29 is 29.3 Å². The van der Waals surface area contributed by atoms with E-state index in [1.165, 1.54) is 17.7 Å². The lowest BCUT2D eigenvalue weighted by atomic mass is 9.88. The van der Waals surface area contributed by atoms with Crippen LogP contribution in [0.1, 0.15) is 45.1 Å². The average molecular weight is 588 g/mol. The van der Waals surface area contributed by atoms with Gasteiger partial charge in [0.2, 0.25) is 0 Å². The average Bonchev–Trinajstić information content (AvgIpc) is 2.99. The second-order valence-corrected chi connectivity index (χ2v) is 10.4. The minimum atomic E-state index is -1.16. The SMILES string of the molecule is O=C(Nc1cc(Oc2ccc3c(c2)C[C@@H](NC[C@H](O)c2ccc(Cl)nc2)CC3)cc(C(=O)O)c1)OCc1ccccc1. The van der Waals surface area contributed by atoms with Crippen molar-refractivity contribution in [2.24, 2.45) is 0 Å². The number of aliphatic hydroxyl groups is 1. The van der Waals surface area contributed by atoms with E-state index < -0.39 is 18.2 Å². The normalized spacial score (nSPS) is 14.9. The number of rotatable bonds is 10. The molecule has 216 valence electrons. The highest BCUT2D eigenvalue weighted by Crippen LogP contribution is 2.31. The Hall–Kier alpha value is -4.44. The summed E-state index contributed by atoms with van der Waals surface area (Å²) in [7, 11) is 0. The lowest BCUT2D eigenvalue weighted by Gasteiger charge is -2.27. The molecule has 0 saturated heterocycles. The number of aromatic carboxylic acids is 1. The van der Waals surface area contributed by atoms with E-state index in [4.69, 9.17) is 21.1 Å². The van der Waals surface area contributed by atoms with Gasteiger partial charge in [-0.2, -0.15) is 0 Å². The fourth-order valence-corrected chi connectivity index (χ4v) is 4.93. The standard InChI is InChI=1S/C32H30ClN3O6/c33-30-11-8-22(17-35-30)29(37)18-34-25-9-6-21-7-10-27(14-23(21)12-25)42-28-15-24(31(38)39)13-26(16-28)36-32(40)41-19-20-4-2-1-3-5-20/h1-5,7-8,10-11,13-17,25,29,34,37H,6,9,12,18-19H2,(H,36,40)(H,38,39)/t25-,29-/m0/s1. The maximum Gasteiger partial charge on any atom is 0.411 e. The lowest BCUT2D eigenvalue weighted by Crippen LogP contribution is -2.37. The number of ether oxygens (including phenoxy) is 2. The third-order valence-corrected chi connectivity index (χ3v) is 7.21. The number of amides is 1. The molecule has 4 N–H and O–H groups in total.